The number of benzene rings is 1. The summed E-state index contributed by atoms with van der Waals surface area (Å²) in [6, 6.07) is 5.99. The number of carbonyl (C=O) groups is 2. The van der Waals surface area contributed by atoms with Gasteiger partial charge in [-0.15, -0.1) is 11.3 Å². The highest BCUT2D eigenvalue weighted by molar-refractivity contribution is 7.14. The van der Waals surface area contributed by atoms with Crippen LogP contribution >= 0.6 is 11.3 Å². The summed E-state index contributed by atoms with van der Waals surface area (Å²) >= 11 is 1.31. The Morgan fingerprint density at radius 2 is 2.15 bits per heavy atom. The third-order valence-electron chi connectivity index (χ3n) is 4.84. The van der Waals surface area contributed by atoms with Crippen molar-refractivity contribution < 1.29 is 20.1 Å². The summed E-state index contributed by atoms with van der Waals surface area (Å²) in [6.45, 7) is 2.29. The molecule has 4 nitrogen and oxygen atoms in total. The summed E-state index contributed by atoms with van der Waals surface area (Å²) in [5.74, 6) is -0.762. The fourth-order valence-corrected chi connectivity index (χ4v) is 4.45. The number of esters is 1. The van der Waals surface area contributed by atoms with Crippen LogP contribution in [0.1, 0.15) is 43.2 Å². The van der Waals surface area contributed by atoms with Crippen LogP contribution in [-0.2, 0) is 22.6 Å². The molecule has 0 radical (unpaired) electrons. The Morgan fingerprint density at radius 1 is 1.38 bits per heavy atom. The molecule has 2 heterocycles. The standard InChI is InChI=1S/C20H20FNO3S/c1-12(23)25-18-10-14-11-22(9-8-17(14)26-18)19(20(24)13-6-7-13)15-4-2-3-5-16(15)21/h2-5,10,13,19H,6-9,11H2,1H3/i10D. The smallest absolute Gasteiger partial charge is 0.308 e. The van der Waals surface area contributed by atoms with Gasteiger partial charge in [0.05, 0.1) is 7.41 Å². The van der Waals surface area contributed by atoms with Gasteiger partial charge < -0.3 is 4.74 Å². The second kappa shape index (κ2) is 6.93. The van der Waals surface area contributed by atoms with Gasteiger partial charge in [-0.05, 0) is 36.9 Å². The van der Waals surface area contributed by atoms with Crippen molar-refractivity contribution in [3.63, 3.8) is 0 Å². The van der Waals surface area contributed by atoms with Gasteiger partial charge in [-0.25, -0.2) is 4.39 Å². The second-order valence-electron chi connectivity index (χ2n) is 6.83. The lowest BCUT2D eigenvalue weighted by atomic mass is 9.95. The minimum atomic E-state index is -0.636. The van der Waals surface area contributed by atoms with Crippen molar-refractivity contribution in [2.45, 2.75) is 38.8 Å². The molecule has 6 heteroatoms. The molecule has 0 N–H and O–H groups in total. The number of thiophene rings is 1. The molecule has 4 rings (SSSR count). The normalized spacial score (nSPS) is 18.8. The summed E-state index contributed by atoms with van der Waals surface area (Å²) in [7, 11) is 0. The number of carbonyl (C=O) groups excluding carboxylic acids is 2. The fraction of sp³-hybridized carbons (Fsp3) is 0.400. The van der Waals surface area contributed by atoms with E-state index in [-0.39, 0.29) is 23.6 Å². The number of ketones is 1. The van der Waals surface area contributed by atoms with Gasteiger partial charge in [-0.1, -0.05) is 18.2 Å². The molecule has 136 valence electrons. The number of nitrogens with zero attached hydrogens (tertiary/aromatic N) is 1. The summed E-state index contributed by atoms with van der Waals surface area (Å²) < 4.78 is 28.0. The summed E-state index contributed by atoms with van der Waals surface area (Å²) in [6.07, 6.45) is 2.37. The van der Waals surface area contributed by atoms with E-state index in [1.54, 1.807) is 18.2 Å². The third-order valence-corrected chi connectivity index (χ3v) is 5.91. The van der Waals surface area contributed by atoms with E-state index in [0.717, 1.165) is 23.3 Å². The Morgan fingerprint density at radius 3 is 2.85 bits per heavy atom. The van der Waals surface area contributed by atoms with Gasteiger partial charge in [-0.3, -0.25) is 14.5 Å². The molecule has 1 aliphatic heterocycles. The van der Waals surface area contributed by atoms with Crippen LogP contribution in [0, 0.1) is 11.7 Å². The molecule has 2 aromatic rings. The summed E-state index contributed by atoms with van der Waals surface area (Å²) in [4.78, 5) is 27.2. The maximum atomic E-state index is 14.5. The highest BCUT2D eigenvalue weighted by atomic mass is 32.1. The molecular weight excluding hydrogens is 353 g/mol. The molecular formula is C20H20FNO3S. The van der Waals surface area contributed by atoms with Crippen LogP contribution in [0.5, 0.6) is 5.06 Å². The van der Waals surface area contributed by atoms with Gasteiger partial charge in [0, 0.05) is 36.4 Å². The van der Waals surface area contributed by atoms with Crippen LogP contribution in [0.4, 0.5) is 4.39 Å². The Kier molecular flexibility index (Phi) is 4.30. The Bertz CT molecular complexity index is 909. The maximum Gasteiger partial charge on any atom is 0.308 e. The first-order chi connectivity index (χ1) is 13.0. The zero-order valence-electron chi connectivity index (χ0n) is 15.5. The van der Waals surface area contributed by atoms with Crippen LogP contribution in [-0.4, -0.2) is 23.2 Å². The van der Waals surface area contributed by atoms with Crippen molar-refractivity contribution in [1.82, 2.24) is 4.90 Å². The van der Waals surface area contributed by atoms with Crippen molar-refractivity contribution in [1.29, 1.82) is 0 Å². The van der Waals surface area contributed by atoms with Gasteiger partial charge in [0.2, 0.25) is 0 Å². The molecule has 1 unspecified atom stereocenters. The van der Waals surface area contributed by atoms with Crippen LogP contribution < -0.4 is 4.74 Å². The maximum absolute atomic E-state index is 14.5. The lowest BCUT2D eigenvalue weighted by Gasteiger charge is -2.34. The summed E-state index contributed by atoms with van der Waals surface area (Å²) in [5, 5.41) is 0.297. The summed E-state index contributed by atoms with van der Waals surface area (Å²) in [5.41, 5.74) is 1.17. The Labute approximate surface area is 157 Å². The topological polar surface area (TPSA) is 46.6 Å². The number of hydrogen-bond donors (Lipinski definition) is 0. The second-order valence-corrected chi connectivity index (χ2v) is 7.90. The predicted octanol–water partition coefficient (Wildman–Crippen LogP) is 3.89. The first-order valence-corrected chi connectivity index (χ1v) is 9.59. The van der Waals surface area contributed by atoms with Crippen molar-refractivity contribution >= 4 is 23.1 Å². The van der Waals surface area contributed by atoms with E-state index in [4.69, 9.17) is 6.11 Å². The first kappa shape index (κ1) is 16.1. The highest BCUT2D eigenvalue weighted by Crippen LogP contribution is 2.41. The molecule has 0 saturated heterocycles. The van der Waals surface area contributed by atoms with Crippen molar-refractivity contribution in [3.05, 3.63) is 52.1 Å². The Balaban J connectivity index is 1.67. The number of rotatable bonds is 5. The first-order valence-electron chi connectivity index (χ1n) is 9.27. The molecule has 1 aromatic heterocycles. The zero-order valence-corrected chi connectivity index (χ0v) is 15.3. The van der Waals surface area contributed by atoms with E-state index in [0.29, 0.717) is 30.1 Å². The number of fused-ring (bicyclic) bond motifs is 1. The quantitative estimate of drug-likeness (QED) is 0.745. The minimum absolute atomic E-state index is 0.00515. The van der Waals surface area contributed by atoms with E-state index in [1.165, 1.54) is 24.3 Å². The van der Waals surface area contributed by atoms with Gasteiger partial charge in [0.1, 0.15) is 5.82 Å². The monoisotopic (exact) mass is 374 g/mol. The average Bonchev–Trinajstić information content (AvgIpc) is 3.44. The van der Waals surface area contributed by atoms with E-state index in [2.05, 4.69) is 0 Å². The van der Waals surface area contributed by atoms with Gasteiger partial charge in [-0.2, -0.15) is 0 Å². The van der Waals surface area contributed by atoms with Crippen LogP contribution in [0.25, 0.3) is 0 Å². The minimum Gasteiger partial charge on any atom is -0.416 e. The molecule has 0 amide bonds. The Hall–Kier alpha value is -2.05. The number of ether oxygens (including phenoxy) is 1. The molecule has 1 fully saturated rings. The molecule has 1 aliphatic carbocycles. The fourth-order valence-electron chi connectivity index (χ4n) is 3.46. The third kappa shape index (κ3) is 3.44. The van der Waals surface area contributed by atoms with Crippen LogP contribution in [0.15, 0.2) is 30.3 Å². The highest BCUT2D eigenvalue weighted by Gasteiger charge is 2.40. The number of hydrogen-bond acceptors (Lipinski definition) is 5. The average molecular weight is 374 g/mol. The van der Waals surface area contributed by atoms with Crippen molar-refractivity contribution in [2.24, 2.45) is 5.92 Å². The SMILES string of the molecule is [2H]c1c(OC(C)=O)sc2c1CN(C(C(=O)C1CC1)c1ccccc1F)CC2. The number of Topliss-reactive ketones (excluding diaryl/α,β-unsaturated/α-hetero) is 1. The van der Waals surface area contributed by atoms with Gasteiger partial charge in [0.25, 0.3) is 0 Å². The molecule has 26 heavy (non-hydrogen) atoms. The molecule has 2 aliphatic rings. The van der Waals surface area contributed by atoms with Gasteiger partial charge in [0.15, 0.2) is 10.8 Å². The van der Waals surface area contributed by atoms with Gasteiger partial charge >= 0.3 is 5.97 Å². The van der Waals surface area contributed by atoms with Crippen LogP contribution in [0.3, 0.4) is 0 Å². The molecule has 1 atom stereocenters. The molecule has 1 saturated carbocycles. The van der Waals surface area contributed by atoms with Crippen LogP contribution in [0.2, 0.25) is 0 Å². The van der Waals surface area contributed by atoms with E-state index < -0.39 is 12.0 Å². The van der Waals surface area contributed by atoms with E-state index in [1.807, 2.05) is 4.90 Å². The zero-order chi connectivity index (χ0) is 19.1. The van der Waals surface area contributed by atoms with Crippen molar-refractivity contribution in [3.8, 4) is 5.06 Å². The molecule has 0 bridgehead atoms. The van der Waals surface area contributed by atoms with Crippen molar-refractivity contribution in [2.75, 3.05) is 6.54 Å². The molecule has 0 spiro atoms. The predicted molar refractivity (Wildman–Crippen MR) is 96.6 cm³/mol. The molecule has 1 aromatic carbocycles. The lowest BCUT2D eigenvalue weighted by molar-refractivity contribution is -0.131. The number of halogens is 1. The largest absolute Gasteiger partial charge is 0.416 e. The lowest BCUT2D eigenvalue weighted by Crippen LogP contribution is -2.38. The van der Waals surface area contributed by atoms with E-state index in [9.17, 15) is 14.0 Å². The van der Waals surface area contributed by atoms with E-state index >= 15 is 0 Å².